The number of hydrogen-bond acceptors (Lipinski definition) is 13. The smallest absolute Gasteiger partial charge is 0.303 e. The van der Waals surface area contributed by atoms with Gasteiger partial charge in [-0.15, -0.1) is 0 Å². The predicted molar refractivity (Wildman–Crippen MR) is 143 cm³/mol. The first-order valence-corrected chi connectivity index (χ1v) is 13.9. The Morgan fingerprint density at radius 2 is 1.51 bits per heavy atom. The first-order valence-electron chi connectivity index (χ1n) is 13.9. The average molecular weight is 694 g/mol. The molecule has 2 amide bonds. The number of nitrogens with one attached hydrogen (secondary N) is 2. The summed E-state index contributed by atoms with van der Waals surface area (Å²) < 4.78 is 38.2. The van der Waals surface area contributed by atoms with Crippen LogP contribution >= 0.6 is 0 Å². The largest absolute Gasteiger partial charge is 0.463 e. The van der Waals surface area contributed by atoms with Crippen LogP contribution < -0.4 is 10.6 Å². The number of hydrogen-bond donors (Lipinski definition) is 3. The SMILES string of the molecule is COC[C@H]1C[C@@H](NC(=O)CCCCO[C@@H]2O[C@H](COC(C)=O)[C@H](OC(C)=O)[C@H](OC(C)=O)[C@H]2NC(C)=O)[C@@H](OC)C1O.[Y]. The molecule has 9 atom stereocenters. The third kappa shape index (κ3) is 12.6. The van der Waals surface area contributed by atoms with E-state index in [1.54, 1.807) is 7.11 Å². The van der Waals surface area contributed by atoms with E-state index in [2.05, 4.69) is 10.6 Å². The Balaban J connectivity index is 0.00000924. The number of amides is 2. The van der Waals surface area contributed by atoms with Gasteiger partial charge in [-0.2, -0.15) is 0 Å². The summed E-state index contributed by atoms with van der Waals surface area (Å²) in [6.45, 7) is 4.88. The van der Waals surface area contributed by atoms with E-state index in [4.69, 9.17) is 33.2 Å². The number of aliphatic hydroxyl groups excluding tert-OH is 1. The van der Waals surface area contributed by atoms with Crippen LogP contribution in [0.15, 0.2) is 0 Å². The zero-order valence-corrected chi connectivity index (χ0v) is 28.4. The van der Waals surface area contributed by atoms with E-state index in [-0.39, 0.29) is 70.2 Å². The molecular weight excluding hydrogens is 649 g/mol. The summed E-state index contributed by atoms with van der Waals surface area (Å²) in [6, 6.07) is -1.41. The fraction of sp³-hybridized carbons (Fsp3) is 0.815. The molecular formula is C27H44N2O13Y. The Kier molecular flexibility index (Phi) is 17.9. The normalized spacial score (nSPS) is 30.0. The molecule has 1 saturated carbocycles. The Bertz CT molecular complexity index is 939. The van der Waals surface area contributed by atoms with Crippen molar-refractivity contribution < 1.29 is 94.9 Å². The molecule has 1 radical (unpaired) electrons. The minimum absolute atomic E-state index is 0. The van der Waals surface area contributed by atoms with Gasteiger partial charge >= 0.3 is 17.9 Å². The maximum atomic E-state index is 12.6. The van der Waals surface area contributed by atoms with E-state index >= 15 is 0 Å². The third-order valence-corrected chi connectivity index (χ3v) is 6.92. The van der Waals surface area contributed by atoms with Gasteiger partial charge in [0.25, 0.3) is 0 Å². The van der Waals surface area contributed by atoms with Gasteiger partial charge < -0.3 is 48.9 Å². The number of aliphatic hydroxyl groups is 1. The molecule has 1 unspecified atom stereocenters. The van der Waals surface area contributed by atoms with E-state index in [1.807, 2.05) is 0 Å². The van der Waals surface area contributed by atoms with Crippen molar-refractivity contribution >= 4 is 29.7 Å². The monoisotopic (exact) mass is 693 g/mol. The Labute approximate surface area is 276 Å². The van der Waals surface area contributed by atoms with Crippen LogP contribution in [0.25, 0.3) is 0 Å². The Hall–Kier alpha value is -1.75. The predicted octanol–water partition coefficient (Wildman–Crippen LogP) is -0.646. The number of unbranched alkanes of at least 4 members (excludes halogenated alkanes) is 1. The van der Waals surface area contributed by atoms with Crippen LogP contribution in [0, 0.1) is 5.92 Å². The number of carbonyl (C=O) groups is 5. The van der Waals surface area contributed by atoms with Gasteiger partial charge in [-0.05, 0) is 19.3 Å². The molecule has 0 bridgehead atoms. The van der Waals surface area contributed by atoms with Gasteiger partial charge in [0.15, 0.2) is 18.5 Å². The third-order valence-electron chi connectivity index (χ3n) is 6.92. The molecule has 1 saturated heterocycles. The molecule has 2 aliphatic rings. The van der Waals surface area contributed by atoms with Gasteiger partial charge in [0.1, 0.15) is 24.9 Å². The first kappa shape index (κ1) is 39.3. The second-order valence-corrected chi connectivity index (χ2v) is 10.4. The quantitative estimate of drug-likeness (QED) is 0.111. The van der Waals surface area contributed by atoms with Crippen molar-refractivity contribution in [2.24, 2.45) is 5.92 Å². The molecule has 0 spiro atoms. The van der Waals surface area contributed by atoms with Crippen molar-refractivity contribution in [3.05, 3.63) is 0 Å². The molecule has 15 nitrogen and oxygen atoms in total. The molecule has 0 aromatic carbocycles. The van der Waals surface area contributed by atoms with E-state index in [0.717, 1.165) is 13.8 Å². The van der Waals surface area contributed by atoms with Crippen molar-refractivity contribution in [3.8, 4) is 0 Å². The zero-order valence-electron chi connectivity index (χ0n) is 25.6. The second-order valence-electron chi connectivity index (χ2n) is 10.4. The summed E-state index contributed by atoms with van der Waals surface area (Å²) in [6.07, 6.45) is -4.36. The molecule has 0 aromatic heterocycles. The van der Waals surface area contributed by atoms with Crippen molar-refractivity contribution in [1.82, 2.24) is 10.6 Å². The van der Waals surface area contributed by atoms with Gasteiger partial charge in [-0.1, -0.05) is 0 Å². The number of ether oxygens (including phenoxy) is 7. The molecule has 243 valence electrons. The minimum atomic E-state index is -1.21. The van der Waals surface area contributed by atoms with Crippen LogP contribution in [-0.2, 0) is 89.8 Å². The van der Waals surface area contributed by atoms with Crippen molar-refractivity contribution in [1.29, 1.82) is 0 Å². The molecule has 16 heteroatoms. The van der Waals surface area contributed by atoms with Crippen LogP contribution in [0.3, 0.4) is 0 Å². The number of esters is 3. The zero-order chi connectivity index (χ0) is 31.4. The van der Waals surface area contributed by atoms with E-state index in [0.29, 0.717) is 25.9 Å². The fourth-order valence-corrected chi connectivity index (χ4v) is 5.23. The van der Waals surface area contributed by atoms with Crippen LogP contribution in [-0.4, -0.2) is 118 Å². The molecule has 1 aliphatic carbocycles. The van der Waals surface area contributed by atoms with Crippen molar-refractivity contribution in [3.63, 3.8) is 0 Å². The van der Waals surface area contributed by atoms with Gasteiger partial charge in [0.05, 0.1) is 18.8 Å². The van der Waals surface area contributed by atoms with Crippen molar-refractivity contribution in [2.75, 3.05) is 34.0 Å². The second kappa shape index (κ2) is 19.6. The summed E-state index contributed by atoms with van der Waals surface area (Å²) >= 11 is 0. The molecule has 2 fully saturated rings. The maximum absolute atomic E-state index is 12.6. The van der Waals surface area contributed by atoms with E-state index in [1.165, 1.54) is 21.0 Å². The summed E-state index contributed by atoms with van der Waals surface area (Å²) in [7, 11) is 3.03. The van der Waals surface area contributed by atoms with Gasteiger partial charge in [-0.25, -0.2) is 0 Å². The molecule has 0 aromatic rings. The first-order chi connectivity index (χ1) is 19.9. The summed E-state index contributed by atoms with van der Waals surface area (Å²) in [4.78, 5) is 59.8. The number of rotatable bonds is 15. The van der Waals surface area contributed by atoms with E-state index in [9.17, 15) is 29.1 Å². The van der Waals surface area contributed by atoms with E-state index < -0.39 is 66.7 Å². The molecule has 2 rings (SSSR count). The summed E-state index contributed by atoms with van der Waals surface area (Å²) in [5.74, 6) is -2.85. The number of methoxy groups -OCH3 is 2. The molecule has 3 N–H and O–H groups in total. The summed E-state index contributed by atoms with van der Waals surface area (Å²) in [5.41, 5.74) is 0. The minimum Gasteiger partial charge on any atom is -0.463 e. The Morgan fingerprint density at radius 1 is 0.860 bits per heavy atom. The van der Waals surface area contributed by atoms with Crippen LogP contribution in [0.1, 0.15) is 53.4 Å². The number of carbonyl (C=O) groups excluding carboxylic acids is 5. The fourth-order valence-electron chi connectivity index (χ4n) is 5.23. The standard InChI is InChI=1S/C27H44N2O13.Y/c1-14(30)28-22-26(41-17(4)33)25(40-16(3)32)20(13-39-15(2)31)42-27(22)38-10-8-7-9-21(34)29-19-11-18(12-36-5)23(35)24(19)37-6;/h18-20,22-27,35H,7-13H2,1-6H3,(H,28,30)(H,29,34);/t18-,19-,20-,22-,23?,24-,25+,26-,27-;/m1./s1. The molecule has 43 heavy (non-hydrogen) atoms. The van der Waals surface area contributed by atoms with Crippen molar-refractivity contribution in [2.45, 2.75) is 102 Å². The topological polar surface area (TPSA) is 194 Å². The molecule has 1 heterocycles. The Morgan fingerprint density at radius 3 is 2.07 bits per heavy atom. The van der Waals surface area contributed by atoms with Crippen LogP contribution in [0.4, 0.5) is 0 Å². The average Bonchev–Trinajstić information content (AvgIpc) is 3.18. The maximum Gasteiger partial charge on any atom is 0.303 e. The van der Waals surface area contributed by atoms with Gasteiger partial charge in [-0.3, -0.25) is 24.0 Å². The summed E-state index contributed by atoms with van der Waals surface area (Å²) in [5, 5.41) is 16.0. The van der Waals surface area contributed by atoms with Crippen LogP contribution in [0.2, 0.25) is 0 Å². The van der Waals surface area contributed by atoms with Crippen LogP contribution in [0.5, 0.6) is 0 Å². The van der Waals surface area contributed by atoms with Gasteiger partial charge in [0.2, 0.25) is 11.8 Å². The van der Waals surface area contributed by atoms with Gasteiger partial charge in [0, 0.05) is 93.6 Å². The molecule has 1 aliphatic heterocycles.